The van der Waals surface area contributed by atoms with Crippen molar-refractivity contribution in [2.45, 2.75) is 0 Å². The van der Waals surface area contributed by atoms with Crippen LogP contribution in [0.5, 0.6) is 0 Å². The van der Waals surface area contributed by atoms with E-state index in [0.29, 0.717) is 0 Å². The van der Waals surface area contributed by atoms with E-state index in [4.69, 9.17) is 14.9 Å². The number of rotatable bonds is 3. The summed E-state index contributed by atoms with van der Waals surface area (Å²) in [5, 5.41) is 8.00. The van der Waals surface area contributed by atoms with Crippen LogP contribution in [0.15, 0.2) is 0 Å². The molecule has 3 N–H and O–H groups in total. The van der Waals surface area contributed by atoms with Crippen LogP contribution in [0, 0.1) is 0 Å². The number of aliphatic hydroxyl groups is 1. The van der Waals surface area contributed by atoms with E-state index in [1.165, 1.54) is 0 Å². The Balaban J connectivity index is 3.56. The molecule has 0 saturated carbocycles. The van der Waals surface area contributed by atoms with Crippen LogP contribution in [0.25, 0.3) is 0 Å². The Hall–Kier alpha value is -0.420. The van der Waals surface area contributed by atoms with Crippen LogP contribution >= 0.6 is 7.60 Å². The molecule has 0 amide bonds. The lowest BCUT2D eigenvalue weighted by molar-refractivity contribution is -0.145. The molecule has 0 aromatic carbocycles. The van der Waals surface area contributed by atoms with Gasteiger partial charge in [0, 0.05) is 0 Å². The summed E-state index contributed by atoms with van der Waals surface area (Å²) in [5.41, 5.74) is 0. The van der Waals surface area contributed by atoms with Gasteiger partial charge in [-0.15, -0.1) is 0 Å². The van der Waals surface area contributed by atoms with Gasteiger partial charge in [-0.2, -0.15) is 0 Å². The quantitative estimate of drug-likeness (QED) is 0.357. The molecule has 0 spiro atoms. The maximum atomic E-state index is 10.0. The molecule has 0 rings (SSSR count). The standard InChI is InChI=1S/C3H7O6P/c4-1-3(5)9-2-10(6,7)8/h4H,1-2H2,(H2,6,7,8). The molecule has 0 bridgehead atoms. The molecule has 10 heavy (non-hydrogen) atoms. The summed E-state index contributed by atoms with van der Waals surface area (Å²) >= 11 is 0. The highest BCUT2D eigenvalue weighted by Crippen LogP contribution is 2.33. The molecule has 0 aliphatic rings. The van der Waals surface area contributed by atoms with Crippen molar-refractivity contribution in [3.63, 3.8) is 0 Å². The first-order chi connectivity index (χ1) is 4.45. The SMILES string of the molecule is O=C(CO)OCP(=O)(O)O. The zero-order valence-corrected chi connectivity index (χ0v) is 5.82. The topological polar surface area (TPSA) is 104 Å². The fourth-order valence-electron chi connectivity index (χ4n) is 0.202. The number of esters is 1. The molecule has 0 aliphatic carbocycles. The third-order valence-corrected chi connectivity index (χ3v) is 0.988. The van der Waals surface area contributed by atoms with E-state index >= 15 is 0 Å². The highest BCUT2D eigenvalue weighted by molar-refractivity contribution is 7.51. The molecule has 0 saturated heterocycles. The van der Waals surface area contributed by atoms with Gasteiger partial charge in [0.15, 0.2) is 6.35 Å². The van der Waals surface area contributed by atoms with Gasteiger partial charge >= 0.3 is 13.6 Å². The molecule has 0 atom stereocenters. The third kappa shape index (κ3) is 5.71. The van der Waals surface area contributed by atoms with E-state index in [0.717, 1.165) is 0 Å². The Kier molecular flexibility index (Phi) is 3.52. The second-order valence-electron chi connectivity index (χ2n) is 1.47. The maximum Gasteiger partial charge on any atom is 0.362 e. The minimum Gasteiger partial charge on any atom is -0.451 e. The summed E-state index contributed by atoms with van der Waals surface area (Å²) < 4.78 is 13.9. The fourth-order valence-corrected chi connectivity index (χ4v) is 0.514. The largest absolute Gasteiger partial charge is 0.451 e. The van der Waals surface area contributed by atoms with Crippen LogP contribution in [0.1, 0.15) is 0 Å². The van der Waals surface area contributed by atoms with Crippen molar-refractivity contribution in [2.75, 3.05) is 13.0 Å². The van der Waals surface area contributed by atoms with Gasteiger partial charge in [0.25, 0.3) is 0 Å². The van der Waals surface area contributed by atoms with Crippen molar-refractivity contribution >= 4 is 13.6 Å². The summed E-state index contributed by atoms with van der Waals surface area (Å²) in [5.74, 6) is -1.05. The summed E-state index contributed by atoms with van der Waals surface area (Å²) in [6.07, 6.45) is -0.980. The Morgan fingerprint density at radius 2 is 2.00 bits per heavy atom. The second kappa shape index (κ2) is 3.68. The maximum absolute atomic E-state index is 10.0. The van der Waals surface area contributed by atoms with Gasteiger partial charge in [0.2, 0.25) is 0 Å². The monoisotopic (exact) mass is 170 g/mol. The van der Waals surface area contributed by atoms with E-state index in [9.17, 15) is 9.36 Å². The molecule has 0 unspecified atom stereocenters. The normalized spacial score (nSPS) is 11.1. The van der Waals surface area contributed by atoms with Crippen molar-refractivity contribution in [1.82, 2.24) is 0 Å². The number of aliphatic hydroxyl groups excluding tert-OH is 1. The number of hydrogen-bond acceptors (Lipinski definition) is 4. The van der Waals surface area contributed by atoms with Gasteiger partial charge in [-0.3, -0.25) is 4.57 Å². The van der Waals surface area contributed by atoms with Gasteiger partial charge < -0.3 is 19.6 Å². The van der Waals surface area contributed by atoms with Crippen LogP contribution < -0.4 is 0 Å². The number of carbonyl (C=O) groups excluding carboxylic acids is 1. The number of hydrogen-bond donors (Lipinski definition) is 3. The van der Waals surface area contributed by atoms with Crippen LogP contribution in [-0.2, 0) is 14.1 Å². The predicted octanol–water partition coefficient (Wildman–Crippen LogP) is -1.34. The average Bonchev–Trinajstić information content (AvgIpc) is 1.81. The molecule has 0 aromatic heterocycles. The van der Waals surface area contributed by atoms with Gasteiger partial charge in [-0.25, -0.2) is 4.79 Å². The van der Waals surface area contributed by atoms with Gasteiger partial charge in [0.1, 0.15) is 6.61 Å². The molecule has 0 aromatic rings. The Morgan fingerprint density at radius 1 is 1.50 bits per heavy atom. The molecule has 7 heteroatoms. The van der Waals surface area contributed by atoms with Crippen molar-refractivity contribution < 1.29 is 29.0 Å². The van der Waals surface area contributed by atoms with E-state index in [1.54, 1.807) is 0 Å². The highest BCUT2D eigenvalue weighted by atomic mass is 31.2. The molecule has 0 aliphatic heterocycles. The van der Waals surface area contributed by atoms with Crippen molar-refractivity contribution in [1.29, 1.82) is 0 Å². The lowest BCUT2D eigenvalue weighted by Crippen LogP contribution is -2.09. The minimum absolute atomic E-state index is 0.875. The molecular weight excluding hydrogens is 163 g/mol. The highest BCUT2D eigenvalue weighted by Gasteiger charge is 2.15. The van der Waals surface area contributed by atoms with Crippen molar-refractivity contribution in [3.05, 3.63) is 0 Å². The van der Waals surface area contributed by atoms with Crippen LogP contribution in [-0.4, -0.2) is 33.8 Å². The van der Waals surface area contributed by atoms with Crippen LogP contribution in [0.4, 0.5) is 0 Å². The zero-order chi connectivity index (χ0) is 8.20. The summed E-state index contributed by atoms with van der Waals surface area (Å²) in [6, 6.07) is 0. The molecule has 0 fully saturated rings. The van der Waals surface area contributed by atoms with Crippen molar-refractivity contribution in [2.24, 2.45) is 0 Å². The summed E-state index contributed by atoms with van der Waals surface area (Å²) in [7, 11) is -4.29. The van der Waals surface area contributed by atoms with E-state index in [2.05, 4.69) is 4.74 Å². The summed E-state index contributed by atoms with van der Waals surface area (Å²) in [4.78, 5) is 26.3. The minimum atomic E-state index is -4.29. The predicted molar refractivity (Wildman–Crippen MR) is 30.1 cm³/mol. The number of ether oxygens (including phenoxy) is 1. The third-order valence-electron chi connectivity index (χ3n) is 0.523. The molecular formula is C3H7O6P. The van der Waals surface area contributed by atoms with Gasteiger partial charge in [-0.1, -0.05) is 0 Å². The second-order valence-corrected chi connectivity index (χ2v) is 3.06. The lowest BCUT2D eigenvalue weighted by Gasteiger charge is -2.02. The van der Waals surface area contributed by atoms with Crippen molar-refractivity contribution in [3.8, 4) is 0 Å². The van der Waals surface area contributed by atoms with Gasteiger partial charge in [-0.05, 0) is 0 Å². The lowest BCUT2D eigenvalue weighted by atomic mass is 10.8. The first kappa shape index (κ1) is 9.58. The first-order valence-electron chi connectivity index (χ1n) is 2.27. The Labute approximate surface area is 56.6 Å². The number of carbonyl (C=O) groups is 1. The molecule has 6 nitrogen and oxygen atoms in total. The average molecular weight is 170 g/mol. The van der Waals surface area contributed by atoms with Crippen LogP contribution in [0.3, 0.4) is 0 Å². The zero-order valence-electron chi connectivity index (χ0n) is 4.93. The first-order valence-corrected chi connectivity index (χ1v) is 4.06. The molecule has 0 heterocycles. The summed E-state index contributed by atoms with van der Waals surface area (Å²) in [6.45, 7) is -0.875. The van der Waals surface area contributed by atoms with E-state index in [1.807, 2.05) is 0 Å². The van der Waals surface area contributed by atoms with E-state index < -0.39 is 26.5 Å². The molecule has 0 radical (unpaired) electrons. The van der Waals surface area contributed by atoms with Crippen LogP contribution in [0.2, 0.25) is 0 Å². The van der Waals surface area contributed by atoms with E-state index in [-0.39, 0.29) is 0 Å². The molecule has 60 valence electrons. The van der Waals surface area contributed by atoms with Gasteiger partial charge in [0.05, 0.1) is 0 Å². The fraction of sp³-hybridized carbons (Fsp3) is 0.667. The Bertz CT molecular complexity index is 158. The smallest absolute Gasteiger partial charge is 0.362 e. The Morgan fingerprint density at radius 3 is 2.30 bits per heavy atom.